The highest BCUT2D eigenvalue weighted by molar-refractivity contribution is 7.99. The monoisotopic (exact) mass is 449 g/mol. The molecule has 2 aromatic carbocycles. The van der Waals surface area contributed by atoms with Gasteiger partial charge in [-0.2, -0.15) is 0 Å². The Morgan fingerprint density at radius 2 is 1.88 bits per heavy atom. The van der Waals surface area contributed by atoms with E-state index in [1.807, 2.05) is 43.3 Å². The lowest BCUT2D eigenvalue weighted by Gasteiger charge is -2.21. The van der Waals surface area contributed by atoms with Gasteiger partial charge in [-0.1, -0.05) is 36.0 Å². The van der Waals surface area contributed by atoms with Crippen LogP contribution in [0.5, 0.6) is 11.5 Å². The summed E-state index contributed by atoms with van der Waals surface area (Å²) in [5.74, 6) is 1.79. The van der Waals surface area contributed by atoms with E-state index in [2.05, 4.69) is 22.0 Å². The summed E-state index contributed by atoms with van der Waals surface area (Å²) < 4.78 is 13.5. The van der Waals surface area contributed by atoms with Crippen molar-refractivity contribution in [3.8, 4) is 17.2 Å². The number of rotatable bonds is 6. The standard InChI is InChI=1S/C25H27N3O3S/c1-17(18-11-12-22-23(15-18)31-14-13-30-22)26-24(29)16-32-25-27-20-9-5-6-10-21(20)28(25)19-7-3-2-4-8-19/h2-4,7-8,11-12,15,17H,5-6,9-10,13-14,16H2,1H3,(H,26,29)/t17-/m1/s1. The second-order valence-electron chi connectivity index (χ2n) is 8.15. The number of aryl methyl sites for hydroxylation is 1. The van der Waals surface area contributed by atoms with Crippen molar-refractivity contribution < 1.29 is 14.3 Å². The summed E-state index contributed by atoms with van der Waals surface area (Å²) in [6.45, 7) is 3.10. The molecular weight excluding hydrogens is 422 g/mol. The molecule has 1 aliphatic heterocycles. The van der Waals surface area contributed by atoms with Crippen molar-refractivity contribution in [1.29, 1.82) is 0 Å². The summed E-state index contributed by atoms with van der Waals surface area (Å²) in [4.78, 5) is 17.7. The second-order valence-corrected chi connectivity index (χ2v) is 9.09. The maximum absolute atomic E-state index is 12.8. The van der Waals surface area contributed by atoms with Gasteiger partial charge in [0.2, 0.25) is 5.91 Å². The third kappa shape index (κ3) is 4.35. The van der Waals surface area contributed by atoms with Crippen LogP contribution in [0, 0.1) is 0 Å². The molecule has 3 aromatic rings. The van der Waals surface area contributed by atoms with Crippen LogP contribution in [0.2, 0.25) is 0 Å². The van der Waals surface area contributed by atoms with E-state index in [1.165, 1.54) is 36.0 Å². The highest BCUT2D eigenvalue weighted by Crippen LogP contribution is 2.33. The minimum atomic E-state index is -0.124. The van der Waals surface area contributed by atoms with Crippen LogP contribution in [-0.2, 0) is 17.6 Å². The summed E-state index contributed by atoms with van der Waals surface area (Å²) >= 11 is 1.50. The largest absolute Gasteiger partial charge is 0.486 e. The lowest BCUT2D eigenvalue weighted by atomic mass is 10.0. The smallest absolute Gasteiger partial charge is 0.230 e. The number of hydrogen-bond acceptors (Lipinski definition) is 5. The predicted molar refractivity (Wildman–Crippen MR) is 125 cm³/mol. The number of nitrogens with zero attached hydrogens (tertiary/aromatic N) is 2. The molecule has 166 valence electrons. The molecule has 0 radical (unpaired) electrons. The SMILES string of the molecule is C[C@@H](NC(=O)CSc1nc2c(n1-c1ccccc1)CCCC2)c1ccc2c(c1)OCCO2. The maximum atomic E-state index is 12.8. The van der Waals surface area contributed by atoms with Crippen LogP contribution in [-0.4, -0.2) is 34.4 Å². The van der Waals surface area contributed by atoms with Gasteiger partial charge in [-0.05, 0) is 62.4 Å². The lowest BCUT2D eigenvalue weighted by molar-refractivity contribution is -0.119. The molecule has 0 bridgehead atoms. The van der Waals surface area contributed by atoms with Gasteiger partial charge < -0.3 is 14.8 Å². The first-order valence-corrected chi connectivity index (χ1v) is 12.2. The number of thioether (sulfide) groups is 1. The number of imidazole rings is 1. The van der Waals surface area contributed by atoms with Crippen molar-refractivity contribution in [2.75, 3.05) is 19.0 Å². The Morgan fingerprint density at radius 3 is 2.72 bits per heavy atom. The minimum absolute atomic E-state index is 0.0158. The van der Waals surface area contributed by atoms with Crippen molar-refractivity contribution >= 4 is 17.7 Å². The molecule has 5 rings (SSSR count). The molecule has 1 atom stereocenters. The Labute approximate surface area is 192 Å². The molecular formula is C25H27N3O3S. The highest BCUT2D eigenvalue weighted by atomic mass is 32.2. The Balaban J connectivity index is 1.28. The predicted octanol–water partition coefficient (Wildman–Crippen LogP) is 4.49. The molecule has 0 saturated heterocycles. The quantitative estimate of drug-likeness (QED) is 0.562. The van der Waals surface area contributed by atoms with Gasteiger partial charge in [0, 0.05) is 11.4 Å². The first-order chi connectivity index (χ1) is 15.7. The van der Waals surface area contributed by atoms with Crippen LogP contribution in [0.25, 0.3) is 5.69 Å². The summed E-state index contributed by atoms with van der Waals surface area (Å²) in [7, 11) is 0. The molecule has 32 heavy (non-hydrogen) atoms. The third-order valence-electron chi connectivity index (χ3n) is 5.89. The van der Waals surface area contributed by atoms with Gasteiger partial charge in [-0.3, -0.25) is 9.36 Å². The molecule has 0 unspecified atom stereocenters. The minimum Gasteiger partial charge on any atom is -0.486 e. The fraction of sp³-hybridized carbons (Fsp3) is 0.360. The fourth-order valence-electron chi connectivity index (χ4n) is 4.28. The maximum Gasteiger partial charge on any atom is 0.230 e. The summed E-state index contributed by atoms with van der Waals surface area (Å²) in [6.07, 6.45) is 4.40. The summed E-state index contributed by atoms with van der Waals surface area (Å²) in [5.41, 5.74) is 4.56. The number of amides is 1. The van der Waals surface area contributed by atoms with Crippen molar-refractivity contribution in [1.82, 2.24) is 14.9 Å². The fourth-order valence-corrected chi connectivity index (χ4v) is 5.14. The van der Waals surface area contributed by atoms with Crippen LogP contribution in [0.4, 0.5) is 0 Å². The van der Waals surface area contributed by atoms with E-state index >= 15 is 0 Å². The lowest BCUT2D eigenvalue weighted by Crippen LogP contribution is -2.28. The van der Waals surface area contributed by atoms with Crippen molar-refractivity contribution in [3.05, 3.63) is 65.5 Å². The van der Waals surface area contributed by atoms with Crippen LogP contribution in [0.3, 0.4) is 0 Å². The van der Waals surface area contributed by atoms with Gasteiger partial charge in [0.25, 0.3) is 0 Å². The first kappa shape index (κ1) is 20.9. The molecule has 1 aliphatic carbocycles. The molecule has 0 fully saturated rings. The topological polar surface area (TPSA) is 65.4 Å². The number of para-hydroxylation sites is 1. The van der Waals surface area contributed by atoms with Gasteiger partial charge in [-0.25, -0.2) is 4.98 Å². The number of hydrogen-bond donors (Lipinski definition) is 1. The Bertz CT molecular complexity index is 1110. The first-order valence-electron chi connectivity index (χ1n) is 11.2. The molecule has 1 N–H and O–H groups in total. The number of fused-ring (bicyclic) bond motifs is 2. The van der Waals surface area contributed by atoms with Crippen LogP contribution < -0.4 is 14.8 Å². The number of carbonyl (C=O) groups is 1. The van der Waals surface area contributed by atoms with Crippen LogP contribution in [0.15, 0.2) is 53.7 Å². The average Bonchev–Trinajstić information content (AvgIpc) is 3.21. The number of benzene rings is 2. The zero-order chi connectivity index (χ0) is 21.9. The second kappa shape index (κ2) is 9.28. The van der Waals surface area contributed by atoms with Gasteiger partial charge in [0.1, 0.15) is 13.2 Å². The van der Waals surface area contributed by atoms with Crippen LogP contribution >= 0.6 is 11.8 Å². The zero-order valence-electron chi connectivity index (χ0n) is 18.2. The van der Waals surface area contributed by atoms with E-state index in [-0.39, 0.29) is 11.9 Å². The Kier molecular flexibility index (Phi) is 6.08. The highest BCUT2D eigenvalue weighted by Gasteiger charge is 2.22. The molecule has 7 heteroatoms. The van der Waals surface area contributed by atoms with Gasteiger partial charge in [0.15, 0.2) is 16.7 Å². The molecule has 0 saturated carbocycles. The molecule has 2 heterocycles. The molecule has 1 aromatic heterocycles. The van der Waals surface area contributed by atoms with Crippen molar-refractivity contribution in [2.24, 2.45) is 0 Å². The number of aromatic nitrogens is 2. The molecule has 2 aliphatic rings. The van der Waals surface area contributed by atoms with Crippen molar-refractivity contribution in [3.63, 3.8) is 0 Å². The van der Waals surface area contributed by atoms with E-state index in [0.717, 1.165) is 40.7 Å². The van der Waals surface area contributed by atoms with E-state index < -0.39 is 0 Å². The van der Waals surface area contributed by atoms with E-state index in [0.29, 0.717) is 19.0 Å². The molecule has 1 amide bonds. The van der Waals surface area contributed by atoms with E-state index in [1.54, 1.807) is 0 Å². The normalized spacial score (nSPS) is 15.7. The van der Waals surface area contributed by atoms with Crippen LogP contribution in [0.1, 0.15) is 42.8 Å². The zero-order valence-corrected chi connectivity index (χ0v) is 19.0. The number of ether oxygens (including phenoxy) is 2. The molecule has 0 spiro atoms. The number of nitrogens with one attached hydrogen (secondary N) is 1. The van der Waals surface area contributed by atoms with E-state index in [4.69, 9.17) is 14.5 Å². The van der Waals surface area contributed by atoms with Gasteiger partial charge >= 0.3 is 0 Å². The van der Waals surface area contributed by atoms with E-state index in [9.17, 15) is 4.79 Å². The average molecular weight is 450 g/mol. The van der Waals surface area contributed by atoms with Gasteiger partial charge in [0.05, 0.1) is 17.5 Å². The Morgan fingerprint density at radius 1 is 1.09 bits per heavy atom. The van der Waals surface area contributed by atoms with Gasteiger partial charge in [-0.15, -0.1) is 0 Å². The third-order valence-corrected chi connectivity index (χ3v) is 6.83. The molecule has 6 nitrogen and oxygen atoms in total. The number of carbonyl (C=O) groups excluding carboxylic acids is 1. The van der Waals surface area contributed by atoms with Crippen molar-refractivity contribution in [2.45, 2.75) is 43.8 Å². The Hall–Kier alpha value is -2.93. The summed E-state index contributed by atoms with van der Waals surface area (Å²) in [6, 6.07) is 16.0. The summed E-state index contributed by atoms with van der Waals surface area (Å²) in [5, 5.41) is 3.99.